The predicted octanol–water partition coefficient (Wildman–Crippen LogP) is 2.56. The number of rotatable bonds is 6. The Bertz CT molecular complexity index is 791. The number of carbonyl (C=O) groups excluding carboxylic acids is 4. The SMILES string of the molecule is CC.CC(C)C=O.Cc1ccc(OCC(=O)NC2CCNCC2)cc1N1CCC(=O)NC1=O. The van der Waals surface area contributed by atoms with Crippen LogP contribution in [0.1, 0.15) is 52.5 Å². The minimum absolute atomic E-state index is 0.0723. The Labute approximate surface area is 196 Å². The van der Waals surface area contributed by atoms with Crippen molar-refractivity contribution in [2.45, 2.75) is 59.9 Å². The highest BCUT2D eigenvalue weighted by Gasteiger charge is 2.25. The monoisotopic (exact) mass is 462 g/mol. The van der Waals surface area contributed by atoms with Crippen LogP contribution in [0.4, 0.5) is 10.5 Å². The third-order valence-electron chi connectivity index (χ3n) is 4.87. The first-order valence-corrected chi connectivity index (χ1v) is 11.6. The summed E-state index contributed by atoms with van der Waals surface area (Å²) < 4.78 is 5.60. The first-order valence-electron chi connectivity index (χ1n) is 11.6. The van der Waals surface area contributed by atoms with Gasteiger partial charge in [-0.3, -0.25) is 19.8 Å². The maximum absolute atomic E-state index is 12.1. The summed E-state index contributed by atoms with van der Waals surface area (Å²) in [6, 6.07) is 5.08. The number of aryl methyl sites for hydroxylation is 1. The highest BCUT2D eigenvalue weighted by Crippen LogP contribution is 2.27. The van der Waals surface area contributed by atoms with E-state index in [2.05, 4.69) is 16.0 Å². The average molecular weight is 463 g/mol. The van der Waals surface area contributed by atoms with Crippen LogP contribution in [0.15, 0.2) is 18.2 Å². The van der Waals surface area contributed by atoms with Crippen molar-refractivity contribution in [3.63, 3.8) is 0 Å². The van der Waals surface area contributed by atoms with Crippen LogP contribution >= 0.6 is 0 Å². The van der Waals surface area contributed by atoms with Crippen LogP contribution in [-0.4, -0.2) is 56.4 Å². The lowest BCUT2D eigenvalue weighted by Gasteiger charge is -2.28. The van der Waals surface area contributed by atoms with Gasteiger partial charge in [0.1, 0.15) is 12.0 Å². The van der Waals surface area contributed by atoms with E-state index in [0.717, 1.165) is 37.8 Å². The van der Waals surface area contributed by atoms with E-state index in [4.69, 9.17) is 4.74 Å². The van der Waals surface area contributed by atoms with Gasteiger partial charge in [0.2, 0.25) is 5.91 Å². The zero-order valence-electron chi connectivity index (χ0n) is 20.4. The molecule has 9 heteroatoms. The van der Waals surface area contributed by atoms with Gasteiger partial charge in [-0.25, -0.2) is 4.79 Å². The number of piperidine rings is 1. The van der Waals surface area contributed by atoms with Crippen LogP contribution < -0.4 is 25.6 Å². The van der Waals surface area contributed by atoms with Gasteiger partial charge in [-0.15, -0.1) is 0 Å². The minimum atomic E-state index is -0.440. The fourth-order valence-corrected chi connectivity index (χ4v) is 3.15. The molecule has 3 N–H and O–H groups in total. The van der Waals surface area contributed by atoms with E-state index in [0.29, 0.717) is 18.0 Å². The number of ether oxygens (including phenoxy) is 1. The molecule has 0 bridgehead atoms. The topological polar surface area (TPSA) is 117 Å². The van der Waals surface area contributed by atoms with E-state index in [1.807, 2.05) is 40.7 Å². The van der Waals surface area contributed by atoms with Crippen molar-refractivity contribution in [3.8, 4) is 5.75 Å². The van der Waals surface area contributed by atoms with Gasteiger partial charge in [0.25, 0.3) is 5.91 Å². The second kappa shape index (κ2) is 15.0. The Morgan fingerprint density at radius 3 is 2.45 bits per heavy atom. The van der Waals surface area contributed by atoms with Crippen LogP contribution in [0.3, 0.4) is 0 Å². The lowest BCUT2D eigenvalue weighted by Crippen LogP contribution is -2.49. The molecule has 0 unspecified atom stereocenters. The van der Waals surface area contributed by atoms with E-state index in [1.165, 1.54) is 4.90 Å². The number of hydrogen-bond donors (Lipinski definition) is 3. The maximum Gasteiger partial charge on any atom is 0.328 e. The van der Waals surface area contributed by atoms with Crippen molar-refractivity contribution in [1.82, 2.24) is 16.0 Å². The molecule has 0 radical (unpaired) electrons. The summed E-state index contributed by atoms with van der Waals surface area (Å²) in [5.74, 6) is 0.289. The molecule has 2 aliphatic rings. The van der Waals surface area contributed by atoms with Crippen molar-refractivity contribution in [1.29, 1.82) is 0 Å². The predicted molar refractivity (Wildman–Crippen MR) is 128 cm³/mol. The van der Waals surface area contributed by atoms with Crippen molar-refractivity contribution in [2.75, 3.05) is 31.1 Å². The maximum atomic E-state index is 12.1. The van der Waals surface area contributed by atoms with Crippen LogP contribution in [0, 0.1) is 12.8 Å². The number of carbonyl (C=O) groups is 4. The smallest absolute Gasteiger partial charge is 0.328 e. The lowest BCUT2D eigenvalue weighted by atomic mass is 10.1. The van der Waals surface area contributed by atoms with Crippen molar-refractivity contribution < 1.29 is 23.9 Å². The summed E-state index contributed by atoms with van der Waals surface area (Å²) in [7, 11) is 0. The Hall–Kier alpha value is -2.94. The van der Waals surface area contributed by atoms with Gasteiger partial charge in [0.05, 0.1) is 5.69 Å². The number of hydrogen-bond acceptors (Lipinski definition) is 6. The van der Waals surface area contributed by atoms with E-state index in [1.54, 1.807) is 12.1 Å². The summed E-state index contributed by atoms with van der Waals surface area (Å²) in [6.45, 7) is 11.7. The molecule has 0 atom stereocenters. The van der Waals surface area contributed by atoms with E-state index < -0.39 is 6.03 Å². The van der Waals surface area contributed by atoms with Crippen molar-refractivity contribution in [3.05, 3.63) is 23.8 Å². The number of nitrogens with zero attached hydrogens (tertiary/aromatic N) is 1. The fraction of sp³-hybridized carbons (Fsp3) is 0.583. The molecule has 33 heavy (non-hydrogen) atoms. The summed E-state index contributed by atoms with van der Waals surface area (Å²) in [6.07, 6.45) is 3.02. The molecule has 184 valence electrons. The highest BCUT2D eigenvalue weighted by molar-refractivity contribution is 6.06. The van der Waals surface area contributed by atoms with Gasteiger partial charge < -0.3 is 20.2 Å². The van der Waals surface area contributed by atoms with Crippen molar-refractivity contribution in [2.24, 2.45) is 5.92 Å². The number of anilines is 1. The van der Waals surface area contributed by atoms with E-state index in [-0.39, 0.29) is 36.8 Å². The standard InChI is InChI=1S/C18H24N4O4.C4H8O.C2H6/c1-12-2-3-14(10-15(12)22-9-6-16(23)21-18(22)25)26-11-17(24)20-13-4-7-19-8-5-13;1-4(2)3-5;1-2/h2-3,10,13,19H,4-9,11H2,1H3,(H,20,24)(H,21,23,25);3-4H,1-2H3;1-2H3. The molecule has 2 saturated heterocycles. The number of imide groups is 1. The molecular formula is C24H38N4O5. The Morgan fingerprint density at radius 1 is 1.24 bits per heavy atom. The molecule has 4 amide bonds. The lowest BCUT2D eigenvalue weighted by molar-refractivity contribution is -0.124. The molecule has 9 nitrogen and oxygen atoms in total. The molecule has 3 rings (SSSR count). The normalized spacial score (nSPS) is 16.0. The Kier molecular flexibility index (Phi) is 12.8. The quantitative estimate of drug-likeness (QED) is 0.560. The van der Waals surface area contributed by atoms with Gasteiger partial charge in [-0.1, -0.05) is 33.8 Å². The van der Waals surface area contributed by atoms with E-state index in [9.17, 15) is 19.2 Å². The second-order valence-electron chi connectivity index (χ2n) is 7.96. The van der Waals surface area contributed by atoms with Crippen molar-refractivity contribution >= 4 is 29.8 Å². The summed E-state index contributed by atoms with van der Waals surface area (Å²) in [5, 5.41) is 8.54. The third kappa shape index (κ3) is 10.0. The molecule has 2 aliphatic heterocycles. The highest BCUT2D eigenvalue weighted by atomic mass is 16.5. The largest absolute Gasteiger partial charge is 0.484 e. The summed E-state index contributed by atoms with van der Waals surface area (Å²) in [4.78, 5) is 46.4. The van der Waals surface area contributed by atoms with E-state index >= 15 is 0 Å². The third-order valence-corrected chi connectivity index (χ3v) is 4.87. The van der Waals surface area contributed by atoms with Crippen LogP contribution in [-0.2, 0) is 14.4 Å². The fourth-order valence-electron chi connectivity index (χ4n) is 3.15. The number of amides is 4. The Morgan fingerprint density at radius 2 is 1.88 bits per heavy atom. The molecule has 2 fully saturated rings. The molecular weight excluding hydrogens is 424 g/mol. The van der Waals surface area contributed by atoms with Gasteiger partial charge >= 0.3 is 6.03 Å². The molecule has 1 aromatic rings. The van der Waals surface area contributed by atoms with Gasteiger partial charge in [0.15, 0.2) is 6.61 Å². The molecule has 0 aliphatic carbocycles. The molecule has 2 heterocycles. The van der Waals surface area contributed by atoms with Gasteiger partial charge in [-0.05, 0) is 44.5 Å². The minimum Gasteiger partial charge on any atom is -0.484 e. The average Bonchev–Trinajstić information content (AvgIpc) is 2.81. The molecule has 0 spiro atoms. The summed E-state index contributed by atoms with van der Waals surface area (Å²) >= 11 is 0. The zero-order valence-corrected chi connectivity index (χ0v) is 20.4. The van der Waals surface area contributed by atoms with Gasteiger partial charge in [-0.2, -0.15) is 0 Å². The molecule has 0 saturated carbocycles. The van der Waals surface area contributed by atoms with Crippen LogP contribution in [0.2, 0.25) is 0 Å². The number of nitrogens with one attached hydrogen (secondary N) is 3. The number of urea groups is 1. The number of benzene rings is 1. The summed E-state index contributed by atoms with van der Waals surface area (Å²) in [5.41, 5.74) is 1.56. The molecule has 0 aromatic heterocycles. The van der Waals surface area contributed by atoms with Gasteiger partial charge in [0, 0.05) is 31.0 Å². The zero-order chi connectivity index (χ0) is 24.8. The first kappa shape index (κ1) is 28.1. The first-order chi connectivity index (χ1) is 15.8. The molecule has 1 aromatic carbocycles. The van der Waals surface area contributed by atoms with Crippen LogP contribution in [0.25, 0.3) is 0 Å². The van der Waals surface area contributed by atoms with Crippen LogP contribution in [0.5, 0.6) is 5.75 Å². The second-order valence-corrected chi connectivity index (χ2v) is 7.96. The number of aldehydes is 1. The Balaban J connectivity index is 0.000000689.